The van der Waals surface area contributed by atoms with Crippen LogP contribution in [-0.2, 0) is 6.54 Å². The van der Waals surface area contributed by atoms with Crippen LogP contribution in [0, 0.1) is 13.8 Å². The fourth-order valence-electron chi connectivity index (χ4n) is 3.73. The highest BCUT2D eigenvalue weighted by molar-refractivity contribution is 5.23. The molecule has 1 N–H and O–H groups in total. The third-order valence-electron chi connectivity index (χ3n) is 5.26. The van der Waals surface area contributed by atoms with Crippen LogP contribution in [0.2, 0.25) is 0 Å². The van der Waals surface area contributed by atoms with E-state index in [4.69, 9.17) is 0 Å². The molecule has 1 atom stereocenters. The molecule has 116 valence electrons. The van der Waals surface area contributed by atoms with E-state index < -0.39 is 0 Å². The van der Waals surface area contributed by atoms with Crippen LogP contribution in [0.3, 0.4) is 0 Å². The van der Waals surface area contributed by atoms with Gasteiger partial charge in [-0.05, 0) is 40.2 Å². The molecule has 0 amide bonds. The van der Waals surface area contributed by atoms with Crippen molar-refractivity contribution in [1.82, 2.24) is 14.8 Å². The first-order valence-electron chi connectivity index (χ1n) is 8.22. The minimum Gasteiger partial charge on any atom is -0.363 e. The van der Waals surface area contributed by atoms with Crippen LogP contribution in [0.5, 0.6) is 0 Å². The van der Waals surface area contributed by atoms with E-state index in [-0.39, 0.29) is 5.43 Å². The Morgan fingerprint density at radius 1 is 1.29 bits per heavy atom. The number of aromatic nitrogens is 1. The van der Waals surface area contributed by atoms with Gasteiger partial charge in [-0.15, -0.1) is 0 Å². The molecule has 21 heavy (non-hydrogen) atoms. The maximum absolute atomic E-state index is 12.0. The number of H-pyrrole nitrogens is 1. The van der Waals surface area contributed by atoms with E-state index >= 15 is 0 Å². The van der Waals surface area contributed by atoms with Gasteiger partial charge >= 0.3 is 0 Å². The van der Waals surface area contributed by atoms with Crippen LogP contribution < -0.4 is 5.43 Å². The quantitative estimate of drug-likeness (QED) is 0.925. The van der Waals surface area contributed by atoms with Crippen molar-refractivity contribution in [2.45, 2.75) is 58.7 Å². The first-order chi connectivity index (χ1) is 10.1. The van der Waals surface area contributed by atoms with E-state index in [1.165, 1.54) is 25.8 Å². The van der Waals surface area contributed by atoms with Crippen molar-refractivity contribution in [2.75, 3.05) is 19.6 Å². The van der Waals surface area contributed by atoms with E-state index in [1.807, 2.05) is 20.0 Å². The molecule has 1 aromatic rings. The fraction of sp³-hybridized carbons (Fsp3) is 0.706. The highest BCUT2D eigenvalue weighted by Crippen LogP contribution is 2.25. The summed E-state index contributed by atoms with van der Waals surface area (Å²) in [5, 5.41) is 0. The maximum atomic E-state index is 12.0. The van der Waals surface area contributed by atoms with Crippen molar-refractivity contribution in [1.29, 1.82) is 0 Å². The Kier molecular flexibility index (Phi) is 4.18. The van der Waals surface area contributed by atoms with Gasteiger partial charge in [0.05, 0.1) is 0 Å². The summed E-state index contributed by atoms with van der Waals surface area (Å²) in [7, 11) is 0. The lowest BCUT2D eigenvalue weighted by Crippen LogP contribution is -2.61. The van der Waals surface area contributed by atoms with E-state index in [0.717, 1.165) is 48.5 Å². The van der Waals surface area contributed by atoms with Crippen molar-refractivity contribution in [2.24, 2.45) is 0 Å². The van der Waals surface area contributed by atoms with Gasteiger partial charge in [0.2, 0.25) is 0 Å². The van der Waals surface area contributed by atoms with E-state index in [1.54, 1.807) is 0 Å². The standard InChI is InChI=1S/C17H27N3O/c1-12-8-18-16(14(3)17(12)21)11-19-9-15(10-19)20-7-5-4-6-13(20)2/h8,13,15H,4-7,9-11H2,1-3H3,(H,18,21)/t13-/m1/s1. The lowest BCUT2D eigenvalue weighted by molar-refractivity contribution is -0.00684. The highest BCUT2D eigenvalue weighted by atomic mass is 16.1. The Morgan fingerprint density at radius 3 is 2.76 bits per heavy atom. The molecule has 2 saturated heterocycles. The van der Waals surface area contributed by atoms with Gasteiger partial charge in [-0.1, -0.05) is 6.42 Å². The second-order valence-electron chi connectivity index (χ2n) is 6.83. The molecule has 0 radical (unpaired) electrons. The van der Waals surface area contributed by atoms with Crippen molar-refractivity contribution in [3.63, 3.8) is 0 Å². The number of pyridine rings is 1. The second-order valence-corrected chi connectivity index (χ2v) is 6.83. The van der Waals surface area contributed by atoms with Crippen molar-refractivity contribution < 1.29 is 0 Å². The molecule has 0 unspecified atom stereocenters. The van der Waals surface area contributed by atoms with Gasteiger partial charge in [0.15, 0.2) is 5.43 Å². The average Bonchev–Trinajstić information content (AvgIpc) is 2.43. The molecule has 0 bridgehead atoms. The smallest absolute Gasteiger partial charge is 0.187 e. The molecule has 3 heterocycles. The van der Waals surface area contributed by atoms with Gasteiger partial charge in [0, 0.05) is 54.7 Å². The van der Waals surface area contributed by atoms with Crippen molar-refractivity contribution in [3.8, 4) is 0 Å². The zero-order valence-corrected chi connectivity index (χ0v) is 13.5. The summed E-state index contributed by atoms with van der Waals surface area (Å²) >= 11 is 0. The Balaban J connectivity index is 1.58. The number of nitrogens with zero attached hydrogens (tertiary/aromatic N) is 2. The minimum atomic E-state index is 0.186. The Morgan fingerprint density at radius 2 is 2.05 bits per heavy atom. The largest absolute Gasteiger partial charge is 0.363 e. The zero-order valence-electron chi connectivity index (χ0n) is 13.5. The van der Waals surface area contributed by atoms with Crippen LogP contribution in [-0.4, -0.2) is 46.5 Å². The molecule has 0 aliphatic carbocycles. The Hall–Kier alpha value is -1.13. The van der Waals surface area contributed by atoms with Gasteiger partial charge < -0.3 is 4.98 Å². The predicted octanol–water partition coefficient (Wildman–Crippen LogP) is 2.05. The first-order valence-corrected chi connectivity index (χ1v) is 8.22. The lowest BCUT2D eigenvalue weighted by atomic mass is 9.97. The van der Waals surface area contributed by atoms with Gasteiger partial charge in [-0.2, -0.15) is 0 Å². The van der Waals surface area contributed by atoms with Gasteiger partial charge in [0.1, 0.15) is 0 Å². The summed E-state index contributed by atoms with van der Waals surface area (Å²) in [6, 6.07) is 1.46. The SMILES string of the molecule is Cc1c[nH]c(CN2CC(N3CCCC[C@H]3C)C2)c(C)c1=O. The number of aromatic amines is 1. The van der Waals surface area contributed by atoms with Crippen LogP contribution in [0.15, 0.2) is 11.0 Å². The number of nitrogens with one attached hydrogen (secondary N) is 1. The molecule has 4 nitrogen and oxygen atoms in total. The van der Waals surface area contributed by atoms with Crippen molar-refractivity contribution >= 4 is 0 Å². The number of likely N-dealkylation sites (tertiary alicyclic amines) is 2. The second kappa shape index (κ2) is 5.93. The number of piperidine rings is 1. The molecule has 3 rings (SSSR count). The van der Waals surface area contributed by atoms with Gasteiger partial charge in [-0.3, -0.25) is 14.6 Å². The van der Waals surface area contributed by atoms with E-state index in [0.29, 0.717) is 0 Å². The number of rotatable bonds is 3. The van der Waals surface area contributed by atoms with Crippen LogP contribution in [0.1, 0.15) is 43.0 Å². The zero-order chi connectivity index (χ0) is 15.0. The molecular weight excluding hydrogens is 262 g/mol. The summed E-state index contributed by atoms with van der Waals surface area (Å²) in [4.78, 5) is 20.4. The summed E-state index contributed by atoms with van der Waals surface area (Å²) in [6.45, 7) is 10.6. The van der Waals surface area contributed by atoms with Crippen molar-refractivity contribution in [3.05, 3.63) is 33.2 Å². The Bertz CT molecular complexity index is 560. The molecule has 2 aliphatic rings. The van der Waals surface area contributed by atoms with Gasteiger partial charge in [-0.25, -0.2) is 0 Å². The number of hydrogen-bond donors (Lipinski definition) is 1. The molecule has 0 saturated carbocycles. The molecule has 0 spiro atoms. The monoisotopic (exact) mass is 289 g/mol. The minimum absolute atomic E-state index is 0.186. The van der Waals surface area contributed by atoms with E-state index in [2.05, 4.69) is 21.7 Å². The summed E-state index contributed by atoms with van der Waals surface area (Å²) < 4.78 is 0. The Labute approximate surface area is 127 Å². The topological polar surface area (TPSA) is 39.3 Å². The summed E-state index contributed by atoms with van der Waals surface area (Å²) in [5.74, 6) is 0. The molecular formula is C17H27N3O. The van der Waals surface area contributed by atoms with Crippen LogP contribution in [0.4, 0.5) is 0 Å². The third-order valence-corrected chi connectivity index (χ3v) is 5.26. The van der Waals surface area contributed by atoms with E-state index in [9.17, 15) is 4.79 Å². The fourth-order valence-corrected chi connectivity index (χ4v) is 3.73. The molecule has 2 fully saturated rings. The molecule has 0 aromatic carbocycles. The third kappa shape index (κ3) is 2.92. The average molecular weight is 289 g/mol. The molecule has 1 aromatic heterocycles. The number of hydrogen-bond acceptors (Lipinski definition) is 3. The summed E-state index contributed by atoms with van der Waals surface area (Å²) in [5.41, 5.74) is 2.95. The maximum Gasteiger partial charge on any atom is 0.187 e. The van der Waals surface area contributed by atoms with Gasteiger partial charge in [0.25, 0.3) is 0 Å². The molecule has 2 aliphatic heterocycles. The molecule has 4 heteroatoms. The van der Waals surface area contributed by atoms with Crippen LogP contribution in [0.25, 0.3) is 0 Å². The highest BCUT2D eigenvalue weighted by Gasteiger charge is 2.35. The normalized spacial score (nSPS) is 25.0. The number of aryl methyl sites for hydroxylation is 1. The predicted molar refractivity (Wildman–Crippen MR) is 85.6 cm³/mol. The lowest BCUT2D eigenvalue weighted by Gasteiger charge is -2.49. The first kappa shape index (κ1) is 14.8. The van der Waals surface area contributed by atoms with Crippen LogP contribution >= 0.6 is 0 Å². The summed E-state index contributed by atoms with van der Waals surface area (Å²) in [6.07, 6.45) is 5.93.